The summed E-state index contributed by atoms with van der Waals surface area (Å²) in [7, 11) is 0. The molecule has 0 aliphatic heterocycles. The van der Waals surface area contributed by atoms with Crippen molar-refractivity contribution < 1.29 is 0 Å². The molecule has 4 atom stereocenters. The summed E-state index contributed by atoms with van der Waals surface area (Å²) in [6.45, 7) is 15.5. The van der Waals surface area contributed by atoms with E-state index in [2.05, 4.69) is 44.8 Å². The average molecular weight is 283 g/mol. The molecule has 1 N–H and O–H groups in total. The summed E-state index contributed by atoms with van der Waals surface area (Å²) in [4.78, 5) is 2.82. The SMILES string of the molecule is CCCCN(CCCC)C1C(C)CC(C)CC1NCC. The van der Waals surface area contributed by atoms with E-state index in [-0.39, 0.29) is 0 Å². The Bertz CT molecular complexity index is 234. The van der Waals surface area contributed by atoms with Crippen molar-refractivity contribution in [2.24, 2.45) is 11.8 Å². The molecule has 0 aromatic heterocycles. The average Bonchev–Trinajstić information content (AvgIpc) is 2.40. The number of hydrogen-bond acceptors (Lipinski definition) is 2. The second-order valence-corrected chi connectivity index (χ2v) is 6.95. The normalized spacial score (nSPS) is 30.9. The third-order valence-corrected chi connectivity index (χ3v) is 4.91. The molecule has 0 spiro atoms. The van der Waals surface area contributed by atoms with Crippen LogP contribution < -0.4 is 5.32 Å². The Balaban J connectivity index is 2.74. The Kier molecular flexibility index (Phi) is 8.79. The molecule has 20 heavy (non-hydrogen) atoms. The molecule has 120 valence electrons. The summed E-state index contributed by atoms with van der Waals surface area (Å²) in [6, 6.07) is 1.46. The molecule has 0 saturated heterocycles. The molecule has 0 heterocycles. The predicted octanol–water partition coefficient (Wildman–Crippen LogP) is 4.30. The van der Waals surface area contributed by atoms with Crippen LogP contribution in [-0.2, 0) is 0 Å². The molecular weight excluding hydrogens is 244 g/mol. The van der Waals surface area contributed by atoms with Gasteiger partial charge in [-0.1, -0.05) is 47.5 Å². The first-order valence-corrected chi connectivity index (χ1v) is 9.11. The monoisotopic (exact) mass is 282 g/mol. The van der Waals surface area contributed by atoms with Crippen LogP contribution in [0.5, 0.6) is 0 Å². The van der Waals surface area contributed by atoms with Crippen molar-refractivity contribution in [3.63, 3.8) is 0 Å². The van der Waals surface area contributed by atoms with Crippen molar-refractivity contribution in [3.8, 4) is 0 Å². The van der Waals surface area contributed by atoms with Crippen molar-refractivity contribution in [2.75, 3.05) is 19.6 Å². The molecule has 2 heteroatoms. The lowest BCUT2D eigenvalue weighted by Crippen LogP contribution is -2.57. The topological polar surface area (TPSA) is 15.3 Å². The summed E-state index contributed by atoms with van der Waals surface area (Å²) in [5.74, 6) is 1.71. The maximum absolute atomic E-state index is 3.79. The van der Waals surface area contributed by atoms with Crippen LogP contribution in [0.2, 0.25) is 0 Å². The third-order valence-electron chi connectivity index (χ3n) is 4.91. The zero-order chi connectivity index (χ0) is 15.0. The number of rotatable bonds is 9. The van der Waals surface area contributed by atoms with Crippen LogP contribution >= 0.6 is 0 Å². The smallest absolute Gasteiger partial charge is 0.0275 e. The van der Waals surface area contributed by atoms with Crippen LogP contribution in [0.1, 0.15) is 73.1 Å². The Morgan fingerprint density at radius 2 is 1.55 bits per heavy atom. The summed E-state index contributed by atoms with van der Waals surface area (Å²) < 4.78 is 0. The van der Waals surface area contributed by atoms with E-state index in [4.69, 9.17) is 0 Å². The van der Waals surface area contributed by atoms with Crippen molar-refractivity contribution >= 4 is 0 Å². The molecule has 0 aromatic carbocycles. The Morgan fingerprint density at radius 3 is 2.05 bits per heavy atom. The van der Waals surface area contributed by atoms with E-state index in [1.54, 1.807) is 0 Å². The van der Waals surface area contributed by atoms with Gasteiger partial charge >= 0.3 is 0 Å². The van der Waals surface area contributed by atoms with E-state index in [1.165, 1.54) is 51.6 Å². The zero-order valence-corrected chi connectivity index (χ0v) is 14.6. The first-order valence-electron chi connectivity index (χ1n) is 9.11. The highest BCUT2D eigenvalue weighted by molar-refractivity contribution is 4.93. The minimum atomic E-state index is 0.701. The van der Waals surface area contributed by atoms with Crippen molar-refractivity contribution in [1.82, 2.24) is 10.2 Å². The highest BCUT2D eigenvalue weighted by Gasteiger charge is 2.36. The number of hydrogen-bond donors (Lipinski definition) is 1. The van der Waals surface area contributed by atoms with Gasteiger partial charge in [0.1, 0.15) is 0 Å². The van der Waals surface area contributed by atoms with Gasteiger partial charge in [-0.3, -0.25) is 4.90 Å². The third kappa shape index (κ3) is 5.37. The largest absolute Gasteiger partial charge is 0.313 e. The van der Waals surface area contributed by atoms with Gasteiger partial charge in [0, 0.05) is 12.1 Å². The maximum Gasteiger partial charge on any atom is 0.0275 e. The van der Waals surface area contributed by atoms with E-state index >= 15 is 0 Å². The van der Waals surface area contributed by atoms with Gasteiger partial charge in [-0.2, -0.15) is 0 Å². The predicted molar refractivity (Wildman–Crippen MR) is 90.2 cm³/mol. The lowest BCUT2D eigenvalue weighted by Gasteiger charge is -2.46. The molecule has 0 aromatic rings. The van der Waals surface area contributed by atoms with Crippen LogP contribution in [0.25, 0.3) is 0 Å². The maximum atomic E-state index is 3.79. The molecule has 1 aliphatic carbocycles. The van der Waals surface area contributed by atoms with Crippen molar-refractivity contribution in [2.45, 2.75) is 85.2 Å². The lowest BCUT2D eigenvalue weighted by atomic mass is 9.75. The summed E-state index contributed by atoms with van der Waals surface area (Å²) >= 11 is 0. The van der Waals surface area contributed by atoms with Gasteiger partial charge in [0.05, 0.1) is 0 Å². The quantitative estimate of drug-likeness (QED) is 0.678. The Hall–Kier alpha value is -0.0800. The molecule has 1 rings (SSSR count). The fourth-order valence-electron chi connectivity index (χ4n) is 4.05. The Morgan fingerprint density at radius 1 is 0.950 bits per heavy atom. The molecule has 0 radical (unpaired) electrons. The lowest BCUT2D eigenvalue weighted by molar-refractivity contribution is 0.0595. The van der Waals surface area contributed by atoms with Crippen LogP contribution in [-0.4, -0.2) is 36.6 Å². The van der Waals surface area contributed by atoms with Crippen molar-refractivity contribution in [3.05, 3.63) is 0 Å². The van der Waals surface area contributed by atoms with E-state index < -0.39 is 0 Å². The zero-order valence-electron chi connectivity index (χ0n) is 14.6. The molecule has 4 unspecified atom stereocenters. The van der Waals surface area contributed by atoms with Gasteiger partial charge in [-0.05, 0) is 57.2 Å². The van der Waals surface area contributed by atoms with Crippen LogP contribution in [0.15, 0.2) is 0 Å². The summed E-state index contributed by atoms with van der Waals surface area (Å²) in [5, 5.41) is 3.79. The van der Waals surface area contributed by atoms with Crippen LogP contribution in [0, 0.1) is 11.8 Å². The second kappa shape index (κ2) is 9.78. The van der Waals surface area contributed by atoms with E-state index in [0.717, 1.165) is 24.4 Å². The summed E-state index contributed by atoms with van der Waals surface area (Å²) in [5.41, 5.74) is 0. The molecule has 0 bridgehead atoms. The molecule has 1 fully saturated rings. The molecule has 1 saturated carbocycles. The standard InChI is InChI=1S/C18H38N2/c1-6-9-11-20(12-10-7-2)18-16(5)13-15(4)14-17(18)19-8-3/h15-19H,6-14H2,1-5H3. The first-order chi connectivity index (χ1) is 9.63. The van der Waals surface area contributed by atoms with Gasteiger partial charge in [-0.25, -0.2) is 0 Å². The van der Waals surface area contributed by atoms with Crippen molar-refractivity contribution in [1.29, 1.82) is 0 Å². The van der Waals surface area contributed by atoms with Gasteiger partial charge in [-0.15, -0.1) is 0 Å². The highest BCUT2D eigenvalue weighted by atomic mass is 15.2. The number of likely N-dealkylation sites (N-methyl/N-ethyl adjacent to an activating group) is 1. The van der Waals surface area contributed by atoms with Gasteiger partial charge < -0.3 is 5.32 Å². The fraction of sp³-hybridized carbons (Fsp3) is 1.00. The van der Waals surface area contributed by atoms with Gasteiger partial charge in [0.15, 0.2) is 0 Å². The molecular formula is C18H38N2. The number of nitrogens with one attached hydrogen (secondary N) is 1. The van der Waals surface area contributed by atoms with Gasteiger partial charge in [0.25, 0.3) is 0 Å². The molecule has 2 nitrogen and oxygen atoms in total. The second-order valence-electron chi connectivity index (χ2n) is 6.95. The fourth-order valence-corrected chi connectivity index (χ4v) is 4.05. The van der Waals surface area contributed by atoms with E-state index in [0.29, 0.717) is 6.04 Å². The van der Waals surface area contributed by atoms with Crippen LogP contribution in [0.4, 0.5) is 0 Å². The Labute approximate surface area is 127 Å². The molecule has 1 aliphatic rings. The van der Waals surface area contributed by atoms with E-state index in [1.807, 2.05) is 0 Å². The number of unbranched alkanes of at least 4 members (excludes halogenated alkanes) is 2. The van der Waals surface area contributed by atoms with E-state index in [9.17, 15) is 0 Å². The minimum Gasteiger partial charge on any atom is -0.313 e. The van der Waals surface area contributed by atoms with Gasteiger partial charge in [0.2, 0.25) is 0 Å². The summed E-state index contributed by atoms with van der Waals surface area (Å²) in [6.07, 6.45) is 8.08. The van der Waals surface area contributed by atoms with Crippen LogP contribution in [0.3, 0.4) is 0 Å². The number of nitrogens with zero attached hydrogens (tertiary/aromatic N) is 1. The minimum absolute atomic E-state index is 0.701. The highest BCUT2D eigenvalue weighted by Crippen LogP contribution is 2.32. The molecule has 0 amide bonds. The first kappa shape index (κ1) is 18.0.